The second-order valence-electron chi connectivity index (χ2n) is 20.8. The lowest BCUT2D eigenvalue weighted by molar-refractivity contribution is 1.14. The van der Waals surface area contributed by atoms with Gasteiger partial charge in [0.25, 0.3) is 0 Å². The number of nitrogens with zero attached hydrogens (tertiary/aromatic N) is 4. The first kappa shape index (κ1) is 44.1. The van der Waals surface area contributed by atoms with Crippen molar-refractivity contribution < 1.29 is 0 Å². The van der Waals surface area contributed by atoms with Crippen molar-refractivity contribution >= 4 is 110 Å². The molecule has 0 N–H and O–H groups in total. The fraction of sp³-hybridized carbons (Fsp3) is 0.0833. The maximum atomic E-state index is 2.56. The Kier molecular flexibility index (Phi) is 9.93. The second-order valence-corrected chi connectivity index (χ2v) is 20.8. The molecule has 0 bridgehead atoms. The Morgan fingerprint density at radius 1 is 0.316 bits per heavy atom. The monoisotopic (exact) mass is 974 g/mol. The number of aromatic nitrogens is 2. The highest BCUT2D eigenvalue weighted by molar-refractivity contribution is 6.32. The number of anilines is 6. The summed E-state index contributed by atoms with van der Waals surface area (Å²) >= 11 is 0. The molecule has 0 atom stereocenters. The molecule has 0 fully saturated rings. The van der Waals surface area contributed by atoms with Gasteiger partial charge in [-0.1, -0.05) is 159 Å². The van der Waals surface area contributed by atoms with Crippen molar-refractivity contribution in [3.8, 4) is 22.3 Å². The molecule has 0 radical (unpaired) electrons. The van der Waals surface area contributed by atoms with Gasteiger partial charge < -0.3 is 18.6 Å². The van der Waals surface area contributed by atoms with Crippen molar-refractivity contribution in [2.75, 3.05) is 9.80 Å². The van der Waals surface area contributed by atoms with Crippen LogP contribution in [-0.4, -0.2) is 8.80 Å². The third kappa shape index (κ3) is 6.50. The number of fused-ring (bicyclic) bond motifs is 12. The van der Waals surface area contributed by atoms with E-state index in [1.165, 1.54) is 121 Å². The van der Waals surface area contributed by atoms with Crippen molar-refractivity contribution in [1.82, 2.24) is 8.80 Å². The fourth-order valence-electron chi connectivity index (χ4n) is 12.9. The number of benzene rings is 11. The van der Waals surface area contributed by atoms with Crippen LogP contribution in [0.4, 0.5) is 34.1 Å². The number of hydrogen-bond donors (Lipinski definition) is 0. The summed E-state index contributed by atoms with van der Waals surface area (Å²) in [6.45, 7) is 8.88. The van der Waals surface area contributed by atoms with Crippen LogP contribution in [0.25, 0.3) is 98.4 Å². The van der Waals surface area contributed by atoms with Gasteiger partial charge in [0.05, 0.1) is 55.8 Å². The van der Waals surface area contributed by atoms with Gasteiger partial charge in [-0.05, 0) is 145 Å². The SMILES string of the molecule is CCc1ccc(N(c2cccc(C)c2)c2ccc3c4cc5c(cc4n4c6ccccc6c2c34)c2ccc(N(c3cccc(C)c3)c3ccc(CC)cc3-c3ccccc3)c3c4ccccc4n5c23)c(-c2ccccc2)c1. The fourth-order valence-corrected chi connectivity index (χ4v) is 12.9. The summed E-state index contributed by atoms with van der Waals surface area (Å²) in [5.74, 6) is 0. The van der Waals surface area contributed by atoms with Gasteiger partial charge in [-0.3, -0.25) is 0 Å². The van der Waals surface area contributed by atoms with E-state index in [-0.39, 0.29) is 0 Å². The van der Waals surface area contributed by atoms with E-state index < -0.39 is 0 Å². The lowest BCUT2D eigenvalue weighted by Crippen LogP contribution is -2.12. The molecule has 15 rings (SSSR count). The molecule has 0 saturated carbocycles. The Labute approximate surface area is 442 Å². The quantitative estimate of drug-likeness (QED) is 0.136. The molecule has 0 aliphatic rings. The molecule has 0 saturated heterocycles. The first-order valence-electron chi connectivity index (χ1n) is 26.9. The van der Waals surface area contributed by atoms with E-state index in [0.717, 1.165) is 47.0 Å². The zero-order chi connectivity index (χ0) is 50.8. The Morgan fingerprint density at radius 3 is 1.14 bits per heavy atom. The van der Waals surface area contributed by atoms with Crippen LogP contribution in [0.15, 0.2) is 231 Å². The Hall–Kier alpha value is -9.38. The summed E-state index contributed by atoms with van der Waals surface area (Å²) in [5.41, 5.74) is 24.2. The molecule has 4 heterocycles. The van der Waals surface area contributed by atoms with Crippen molar-refractivity contribution in [3.05, 3.63) is 253 Å². The molecule has 0 aliphatic heterocycles. The minimum absolute atomic E-state index is 0.962. The van der Waals surface area contributed by atoms with Crippen LogP contribution in [0.2, 0.25) is 0 Å². The number of aryl methyl sites for hydroxylation is 4. The summed E-state index contributed by atoms with van der Waals surface area (Å²) in [6, 6.07) is 86.5. The van der Waals surface area contributed by atoms with Gasteiger partial charge in [0.2, 0.25) is 0 Å². The molecule has 76 heavy (non-hydrogen) atoms. The van der Waals surface area contributed by atoms with Crippen LogP contribution < -0.4 is 9.80 Å². The second kappa shape index (κ2) is 17.1. The van der Waals surface area contributed by atoms with Crippen LogP contribution in [0.1, 0.15) is 36.1 Å². The molecule has 15 aromatic rings. The summed E-state index contributed by atoms with van der Waals surface area (Å²) in [6.07, 6.45) is 1.92. The minimum Gasteiger partial charge on any atom is -0.309 e. The molecule has 0 amide bonds. The molecule has 11 aromatic carbocycles. The lowest BCUT2D eigenvalue weighted by atomic mass is 9.97. The van der Waals surface area contributed by atoms with E-state index >= 15 is 0 Å². The third-order valence-electron chi connectivity index (χ3n) is 16.4. The molecule has 4 heteroatoms. The molecule has 0 spiro atoms. The van der Waals surface area contributed by atoms with Gasteiger partial charge in [0.15, 0.2) is 0 Å². The highest BCUT2D eigenvalue weighted by Crippen LogP contribution is 2.53. The summed E-state index contributed by atoms with van der Waals surface area (Å²) < 4.78 is 5.13. The van der Waals surface area contributed by atoms with Crippen LogP contribution in [0, 0.1) is 13.8 Å². The lowest BCUT2D eigenvalue weighted by Gasteiger charge is -2.29. The minimum atomic E-state index is 0.962. The molecular formula is C72H54N4. The van der Waals surface area contributed by atoms with Gasteiger partial charge in [0.1, 0.15) is 0 Å². The van der Waals surface area contributed by atoms with E-state index in [4.69, 9.17) is 0 Å². The summed E-state index contributed by atoms with van der Waals surface area (Å²) in [5, 5.41) is 9.99. The predicted octanol–water partition coefficient (Wildman–Crippen LogP) is 20.0. The van der Waals surface area contributed by atoms with Crippen molar-refractivity contribution in [1.29, 1.82) is 0 Å². The molecular weight excluding hydrogens is 921 g/mol. The van der Waals surface area contributed by atoms with Crippen LogP contribution >= 0.6 is 0 Å². The average Bonchev–Trinajstić information content (AvgIpc) is 4.40. The maximum absolute atomic E-state index is 2.56. The standard InChI is InChI=1S/C72H54N4/c1-5-47-31-35-63(57(41-47)49-21-9-7-10-22-49)73(51-25-17-19-45(3)39-51)65-37-33-53-59-43-68-60(44-67(59)75-61-29-15-13-27-55(61)69(65)71(53)75)54-34-38-66(70-56-28-14-16-30-62(56)76(68)72(54)70)74(52-26-18-20-46(4)40-52)64-36-32-48(6-2)42-58(64)50-23-11-8-12-24-50/h7-44H,5-6H2,1-4H3. The van der Waals surface area contributed by atoms with Crippen LogP contribution in [0.3, 0.4) is 0 Å². The topological polar surface area (TPSA) is 15.3 Å². The first-order valence-corrected chi connectivity index (χ1v) is 26.9. The Balaban J connectivity index is 1.01. The molecule has 0 unspecified atom stereocenters. The number of hydrogen-bond acceptors (Lipinski definition) is 2. The molecule has 4 nitrogen and oxygen atoms in total. The largest absolute Gasteiger partial charge is 0.309 e. The van der Waals surface area contributed by atoms with Crippen LogP contribution in [0.5, 0.6) is 0 Å². The highest BCUT2D eigenvalue weighted by Gasteiger charge is 2.29. The van der Waals surface area contributed by atoms with E-state index in [9.17, 15) is 0 Å². The molecule has 0 aliphatic carbocycles. The predicted molar refractivity (Wildman–Crippen MR) is 324 cm³/mol. The van der Waals surface area contributed by atoms with Crippen LogP contribution in [-0.2, 0) is 12.8 Å². The number of para-hydroxylation sites is 2. The zero-order valence-electron chi connectivity index (χ0n) is 43.1. The zero-order valence-corrected chi connectivity index (χ0v) is 43.1. The molecule has 362 valence electrons. The average molecular weight is 975 g/mol. The van der Waals surface area contributed by atoms with Crippen molar-refractivity contribution in [2.24, 2.45) is 0 Å². The normalized spacial score (nSPS) is 12.1. The summed E-state index contributed by atoms with van der Waals surface area (Å²) in [7, 11) is 0. The molecule has 4 aromatic heterocycles. The van der Waals surface area contributed by atoms with Gasteiger partial charge in [-0.15, -0.1) is 0 Å². The van der Waals surface area contributed by atoms with Gasteiger partial charge in [-0.25, -0.2) is 0 Å². The van der Waals surface area contributed by atoms with E-state index in [1.54, 1.807) is 0 Å². The third-order valence-corrected chi connectivity index (χ3v) is 16.4. The van der Waals surface area contributed by atoms with Gasteiger partial charge in [-0.2, -0.15) is 0 Å². The first-order chi connectivity index (χ1) is 37.4. The van der Waals surface area contributed by atoms with E-state index in [1.807, 2.05) is 0 Å². The van der Waals surface area contributed by atoms with E-state index in [2.05, 4.69) is 277 Å². The Morgan fingerprint density at radius 2 is 0.724 bits per heavy atom. The maximum Gasteiger partial charge on any atom is 0.0641 e. The van der Waals surface area contributed by atoms with E-state index in [0.29, 0.717) is 0 Å². The van der Waals surface area contributed by atoms with Gasteiger partial charge in [0, 0.05) is 65.6 Å². The van der Waals surface area contributed by atoms with Crippen molar-refractivity contribution in [2.45, 2.75) is 40.5 Å². The highest BCUT2D eigenvalue weighted by atomic mass is 15.2. The van der Waals surface area contributed by atoms with Gasteiger partial charge >= 0.3 is 0 Å². The summed E-state index contributed by atoms with van der Waals surface area (Å²) in [4.78, 5) is 5.04. The number of rotatable bonds is 10. The smallest absolute Gasteiger partial charge is 0.0641 e. The Bertz CT molecular complexity index is 4450. The van der Waals surface area contributed by atoms with Crippen molar-refractivity contribution in [3.63, 3.8) is 0 Å².